The molecule has 3 fully saturated rings. The molecule has 3 nitrogen and oxygen atoms in total. The fourth-order valence-electron chi connectivity index (χ4n) is 4.84. The molecule has 0 spiro atoms. The Kier molecular flexibility index (Phi) is 2.48. The van der Waals surface area contributed by atoms with Crippen molar-refractivity contribution in [3.63, 3.8) is 0 Å². The van der Waals surface area contributed by atoms with Gasteiger partial charge in [-0.25, -0.2) is 4.90 Å². The second-order valence-electron chi connectivity index (χ2n) is 6.76. The van der Waals surface area contributed by atoms with Gasteiger partial charge in [0.2, 0.25) is 11.8 Å². The zero-order chi connectivity index (χ0) is 15.2. The molecule has 1 aromatic carbocycles. The molecule has 1 aromatic rings. The van der Waals surface area contributed by atoms with Crippen molar-refractivity contribution in [3.8, 4) is 0 Å². The average molecular weight is 334 g/mol. The van der Waals surface area contributed by atoms with Crippen molar-refractivity contribution in [2.45, 2.75) is 6.42 Å². The third-order valence-electron chi connectivity index (χ3n) is 5.82. The number of rotatable bonds is 1. The molecule has 0 radical (unpaired) electrons. The lowest BCUT2D eigenvalue weighted by molar-refractivity contribution is -0.124. The van der Waals surface area contributed by atoms with E-state index >= 15 is 0 Å². The molecule has 112 valence electrons. The number of halogens is 2. The van der Waals surface area contributed by atoms with E-state index in [1.807, 2.05) is 0 Å². The van der Waals surface area contributed by atoms with Gasteiger partial charge in [0.25, 0.3) is 0 Å². The summed E-state index contributed by atoms with van der Waals surface area (Å²) in [6.45, 7) is 0. The number of amides is 2. The van der Waals surface area contributed by atoms with Gasteiger partial charge < -0.3 is 0 Å². The summed E-state index contributed by atoms with van der Waals surface area (Å²) in [7, 11) is 0. The average Bonchev–Trinajstić information content (AvgIpc) is 3.28. The topological polar surface area (TPSA) is 37.4 Å². The predicted molar refractivity (Wildman–Crippen MR) is 83.7 cm³/mol. The molecule has 1 saturated heterocycles. The van der Waals surface area contributed by atoms with E-state index in [0.29, 0.717) is 27.6 Å². The second kappa shape index (κ2) is 4.15. The molecule has 5 heteroatoms. The summed E-state index contributed by atoms with van der Waals surface area (Å²) >= 11 is 12.0. The minimum atomic E-state index is -0.180. The number of allylic oxidation sites excluding steroid dienone is 2. The third kappa shape index (κ3) is 1.49. The molecule has 4 aliphatic carbocycles. The molecule has 0 N–H and O–H groups in total. The summed E-state index contributed by atoms with van der Waals surface area (Å²) in [5.41, 5.74) is 0.534. The Bertz CT molecular complexity index is 723. The Balaban J connectivity index is 1.58. The van der Waals surface area contributed by atoms with Crippen LogP contribution in [-0.4, -0.2) is 11.8 Å². The van der Waals surface area contributed by atoms with Crippen molar-refractivity contribution in [3.05, 3.63) is 40.4 Å². The van der Waals surface area contributed by atoms with E-state index in [-0.39, 0.29) is 35.5 Å². The van der Waals surface area contributed by atoms with Crippen molar-refractivity contribution in [1.29, 1.82) is 0 Å². The number of hydrogen-bond donors (Lipinski definition) is 0. The molecule has 1 aliphatic heterocycles. The number of nitrogens with zero attached hydrogens (tertiary/aromatic N) is 1. The Morgan fingerprint density at radius 1 is 0.909 bits per heavy atom. The SMILES string of the molecule is O=C1[C@@H]2[C@H]3C=C[C@@H]([C@@H]4C[C@@H]34)[C@@H]2C(=O)N1c1ccc(Cl)c(Cl)c1. The molecule has 5 aliphatic rings. The van der Waals surface area contributed by atoms with Crippen LogP contribution in [0.1, 0.15) is 6.42 Å². The normalized spacial score (nSPS) is 40.9. The van der Waals surface area contributed by atoms with Crippen LogP contribution in [0.25, 0.3) is 0 Å². The molecule has 22 heavy (non-hydrogen) atoms. The lowest BCUT2D eigenvalue weighted by Gasteiger charge is -2.37. The van der Waals surface area contributed by atoms with E-state index in [1.165, 1.54) is 11.3 Å². The van der Waals surface area contributed by atoms with Gasteiger partial charge in [-0.05, 0) is 48.3 Å². The highest BCUT2D eigenvalue weighted by atomic mass is 35.5. The molecule has 6 rings (SSSR count). The van der Waals surface area contributed by atoms with Gasteiger partial charge in [-0.15, -0.1) is 0 Å². The largest absolute Gasteiger partial charge is 0.274 e. The maximum absolute atomic E-state index is 12.9. The van der Waals surface area contributed by atoms with Gasteiger partial charge in [0.15, 0.2) is 0 Å². The lowest BCUT2D eigenvalue weighted by Crippen LogP contribution is -2.40. The zero-order valence-corrected chi connectivity index (χ0v) is 13.1. The van der Waals surface area contributed by atoms with E-state index in [0.717, 1.165) is 0 Å². The Labute approximate surface area is 137 Å². The van der Waals surface area contributed by atoms with Gasteiger partial charge in [0, 0.05) is 0 Å². The van der Waals surface area contributed by atoms with Crippen LogP contribution >= 0.6 is 23.2 Å². The molecular formula is C17H13Cl2NO2. The summed E-state index contributed by atoms with van der Waals surface area (Å²) in [5.74, 6) is 1.20. The van der Waals surface area contributed by atoms with Crippen LogP contribution in [-0.2, 0) is 9.59 Å². The fourth-order valence-corrected chi connectivity index (χ4v) is 5.13. The van der Waals surface area contributed by atoms with Gasteiger partial charge >= 0.3 is 0 Å². The number of carbonyl (C=O) groups excluding carboxylic acids is 2. The summed E-state index contributed by atoms with van der Waals surface area (Å²) in [6, 6.07) is 4.93. The van der Waals surface area contributed by atoms with Gasteiger partial charge in [-0.2, -0.15) is 0 Å². The van der Waals surface area contributed by atoms with Crippen LogP contribution in [0.3, 0.4) is 0 Å². The van der Waals surface area contributed by atoms with Gasteiger partial charge in [-0.1, -0.05) is 35.4 Å². The minimum absolute atomic E-state index is 0.0712. The molecule has 0 unspecified atom stereocenters. The van der Waals surface area contributed by atoms with Crippen LogP contribution in [0.15, 0.2) is 30.4 Å². The van der Waals surface area contributed by atoms with E-state index in [9.17, 15) is 9.59 Å². The van der Waals surface area contributed by atoms with E-state index in [4.69, 9.17) is 23.2 Å². The predicted octanol–water partition coefficient (Wildman–Crippen LogP) is 3.55. The Morgan fingerprint density at radius 3 is 2.05 bits per heavy atom. The molecule has 1 heterocycles. The maximum atomic E-state index is 12.9. The number of anilines is 1. The standard InChI is InChI=1S/C17H13Cl2NO2/c18-12-4-1-7(5-13(12)19)20-16(21)14-8-2-3-9(11-6-10(8)11)15(14)17(20)22/h1-5,8-11,14-15H,6H2/t8-,9-,10-,11-,14-,15+/m0/s1. The lowest BCUT2D eigenvalue weighted by atomic mass is 9.63. The number of imide groups is 1. The van der Waals surface area contributed by atoms with Crippen LogP contribution in [0.2, 0.25) is 10.0 Å². The fraction of sp³-hybridized carbons (Fsp3) is 0.412. The number of benzene rings is 1. The van der Waals surface area contributed by atoms with Crippen LogP contribution < -0.4 is 4.90 Å². The van der Waals surface area contributed by atoms with Gasteiger partial charge in [0.05, 0.1) is 27.6 Å². The quantitative estimate of drug-likeness (QED) is 0.582. The monoisotopic (exact) mass is 333 g/mol. The zero-order valence-electron chi connectivity index (χ0n) is 11.6. The van der Waals surface area contributed by atoms with Gasteiger partial charge in [0.1, 0.15) is 0 Å². The molecule has 2 amide bonds. The van der Waals surface area contributed by atoms with Crippen molar-refractivity contribution in [1.82, 2.24) is 0 Å². The molecular weight excluding hydrogens is 321 g/mol. The van der Waals surface area contributed by atoms with E-state index in [1.54, 1.807) is 18.2 Å². The Hall–Kier alpha value is -1.32. The third-order valence-corrected chi connectivity index (χ3v) is 6.56. The summed E-state index contributed by atoms with van der Waals surface area (Å²) in [6.07, 6.45) is 5.51. The summed E-state index contributed by atoms with van der Waals surface area (Å²) in [5, 5.41) is 0.781. The molecule has 2 bridgehead atoms. The highest BCUT2D eigenvalue weighted by Gasteiger charge is 2.67. The second-order valence-corrected chi connectivity index (χ2v) is 7.58. The number of carbonyl (C=O) groups is 2. The Morgan fingerprint density at radius 2 is 1.50 bits per heavy atom. The van der Waals surface area contributed by atoms with Crippen LogP contribution in [0, 0.1) is 35.5 Å². The highest BCUT2D eigenvalue weighted by Crippen LogP contribution is 2.65. The van der Waals surface area contributed by atoms with Crippen LogP contribution in [0.5, 0.6) is 0 Å². The van der Waals surface area contributed by atoms with E-state index in [2.05, 4.69) is 12.2 Å². The molecule has 2 saturated carbocycles. The first-order valence-corrected chi connectivity index (χ1v) is 8.34. The first kappa shape index (κ1) is 13.1. The summed E-state index contributed by atoms with van der Waals surface area (Å²) in [4.78, 5) is 27.1. The van der Waals surface area contributed by atoms with Crippen molar-refractivity contribution >= 4 is 40.7 Å². The number of hydrogen-bond acceptors (Lipinski definition) is 2. The first-order chi connectivity index (χ1) is 10.6. The van der Waals surface area contributed by atoms with Crippen LogP contribution in [0.4, 0.5) is 5.69 Å². The van der Waals surface area contributed by atoms with Crippen molar-refractivity contribution in [2.75, 3.05) is 4.90 Å². The molecule has 6 atom stereocenters. The van der Waals surface area contributed by atoms with Gasteiger partial charge in [-0.3, -0.25) is 9.59 Å². The highest BCUT2D eigenvalue weighted by molar-refractivity contribution is 6.42. The smallest absolute Gasteiger partial charge is 0.238 e. The van der Waals surface area contributed by atoms with E-state index < -0.39 is 0 Å². The maximum Gasteiger partial charge on any atom is 0.238 e. The van der Waals surface area contributed by atoms with Crippen molar-refractivity contribution < 1.29 is 9.59 Å². The van der Waals surface area contributed by atoms with Crippen molar-refractivity contribution in [2.24, 2.45) is 35.5 Å². The summed E-state index contributed by atoms with van der Waals surface area (Å²) < 4.78 is 0. The first-order valence-electron chi connectivity index (χ1n) is 7.59. The molecule has 0 aromatic heterocycles. The minimum Gasteiger partial charge on any atom is -0.274 e.